The summed E-state index contributed by atoms with van der Waals surface area (Å²) in [6.07, 6.45) is 5.81. The van der Waals surface area contributed by atoms with Crippen molar-refractivity contribution in [3.8, 4) is 5.75 Å². The second-order valence-electron chi connectivity index (χ2n) is 5.82. The lowest BCUT2D eigenvalue weighted by molar-refractivity contribution is -0.124. The standard InChI is InChI=1S/C18H27N3O3S/c1-3-4-5-6-7-8-16(22)19-18(25)21-20-17(23)13-24-15-11-9-14(2)10-12-15/h9-12H,3-8,13H2,1-2H3,(H,20,23)(H2,19,21,22,25). The molecule has 1 aromatic carbocycles. The molecule has 0 aliphatic carbocycles. The number of benzene rings is 1. The molecule has 6 nitrogen and oxygen atoms in total. The molecule has 0 unspecified atom stereocenters. The molecule has 0 fully saturated rings. The highest BCUT2D eigenvalue weighted by Gasteiger charge is 2.06. The quantitative estimate of drug-likeness (QED) is 0.356. The molecule has 3 N–H and O–H groups in total. The highest BCUT2D eigenvalue weighted by atomic mass is 32.1. The molecule has 0 saturated carbocycles. The highest BCUT2D eigenvalue weighted by Crippen LogP contribution is 2.10. The molecule has 0 aliphatic rings. The number of rotatable bonds is 9. The Bertz CT molecular complexity index is 561. The van der Waals surface area contributed by atoms with E-state index in [2.05, 4.69) is 23.1 Å². The average molecular weight is 365 g/mol. The van der Waals surface area contributed by atoms with Gasteiger partial charge in [-0.15, -0.1) is 0 Å². The van der Waals surface area contributed by atoms with Gasteiger partial charge in [-0.25, -0.2) is 0 Å². The summed E-state index contributed by atoms with van der Waals surface area (Å²) in [6.45, 7) is 3.97. The summed E-state index contributed by atoms with van der Waals surface area (Å²) in [5.41, 5.74) is 5.99. The van der Waals surface area contributed by atoms with E-state index in [1.165, 1.54) is 12.8 Å². The van der Waals surface area contributed by atoms with E-state index >= 15 is 0 Å². The molecule has 25 heavy (non-hydrogen) atoms. The van der Waals surface area contributed by atoms with Gasteiger partial charge in [0.05, 0.1) is 0 Å². The molecule has 1 rings (SSSR count). The Kier molecular flexibility index (Phi) is 10.2. The predicted octanol–water partition coefficient (Wildman–Crippen LogP) is 2.76. The lowest BCUT2D eigenvalue weighted by Crippen LogP contribution is -2.49. The number of thiocarbonyl (C=S) groups is 1. The van der Waals surface area contributed by atoms with E-state index in [0.717, 1.165) is 24.8 Å². The fourth-order valence-corrected chi connectivity index (χ4v) is 2.22. The van der Waals surface area contributed by atoms with Crippen LogP contribution in [-0.4, -0.2) is 23.5 Å². The zero-order valence-electron chi connectivity index (χ0n) is 14.9. The van der Waals surface area contributed by atoms with Gasteiger partial charge in [0.25, 0.3) is 5.91 Å². The number of aryl methyl sites for hydroxylation is 1. The van der Waals surface area contributed by atoms with Crippen LogP contribution in [0.5, 0.6) is 5.75 Å². The molecule has 0 saturated heterocycles. The lowest BCUT2D eigenvalue weighted by atomic mass is 10.1. The summed E-state index contributed by atoms with van der Waals surface area (Å²) >= 11 is 4.96. The van der Waals surface area contributed by atoms with Crippen molar-refractivity contribution in [3.05, 3.63) is 29.8 Å². The first kappa shape index (κ1) is 20.9. The van der Waals surface area contributed by atoms with E-state index in [9.17, 15) is 9.59 Å². The molecular weight excluding hydrogens is 338 g/mol. The highest BCUT2D eigenvalue weighted by molar-refractivity contribution is 7.80. The van der Waals surface area contributed by atoms with Gasteiger partial charge in [-0.3, -0.25) is 20.4 Å². The van der Waals surface area contributed by atoms with Crippen molar-refractivity contribution in [3.63, 3.8) is 0 Å². The number of ether oxygens (including phenoxy) is 1. The number of unbranched alkanes of at least 4 members (excludes halogenated alkanes) is 4. The molecular formula is C18H27N3O3S. The maximum absolute atomic E-state index is 11.7. The van der Waals surface area contributed by atoms with Crippen molar-refractivity contribution in [1.82, 2.24) is 16.2 Å². The number of amides is 2. The van der Waals surface area contributed by atoms with Gasteiger partial charge in [0.15, 0.2) is 11.7 Å². The van der Waals surface area contributed by atoms with Crippen molar-refractivity contribution in [2.75, 3.05) is 6.61 Å². The average Bonchev–Trinajstić information content (AvgIpc) is 2.59. The Hall–Kier alpha value is -2.15. The molecule has 0 aromatic heterocycles. The van der Waals surface area contributed by atoms with Crippen LogP contribution < -0.4 is 20.9 Å². The first-order chi connectivity index (χ1) is 12.0. The lowest BCUT2D eigenvalue weighted by Gasteiger charge is -2.11. The summed E-state index contributed by atoms with van der Waals surface area (Å²) in [6, 6.07) is 7.39. The van der Waals surface area contributed by atoms with Crippen molar-refractivity contribution in [1.29, 1.82) is 0 Å². The second-order valence-corrected chi connectivity index (χ2v) is 6.22. The third kappa shape index (κ3) is 10.3. The first-order valence-electron chi connectivity index (χ1n) is 8.59. The summed E-state index contributed by atoms with van der Waals surface area (Å²) in [7, 11) is 0. The maximum Gasteiger partial charge on any atom is 0.276 e. The second kappa shape index (κ2) is 12.2. The molecule has 0 spiro atoms. The predicted molar refractivity (Wildman–Crippen MR) is 102 cm³/mol. The Morgan fingerprint density at radius 3 is 2.36 bits per heavy atom. The fourth-order valence-electron chi connectivity index (χ4n) is 2.06. The van der Waals surface area contributed by atoms with Gasteiger partial charge in [-0.05, 0) is 37.7 Å². The molecule has 0 aliphatic heterocycles. The molecule has 1 aromatic rings. The van der Waals surface area contributed by atoms with Crippen molar-refractivity contribution in [2.45, 2.75) is 52.4 Å². The Morgan fingerprint density at radius 1 is 1.00 bits per heavy atom. The smallest absolute Gasteiger partial charge is 0.276 e. The van der Waals surface area contributed by atoms with Crippen LogP contribution in [0.15, 0.2) is 24.3 Å². The number of nitrogens with one attached hydrogen (secondary N) is 3. The summed E-state index contributed by atoms with van der Waals surface area (Å²) in [5, 5.41) is 2.60. The van der Waals surface area contributed by atoms with E-state index in [1.54, 1.807) is 12.1 Å². The zero-order valence-corrected chi connectivity index (χ0v) is 15.7. The molecule has 7 heteroatoms. The first-order valence-corrected chi connectivity index (χ1v) is 9.00. The summed E-state index contributed by atoms with van der Waals surface area (Å²) in [4.78, 5) is 23.4. The number of carbonyl (C=O) groups is 2. The molecule has 0 radical (unpaired) electrons. The summed E-state index contributed by atoms with van der Waals surface area (Å²) < 4.78 is 5.34. The number of hydrogen-bond acceptors (Lipinski definition) is 4. The normalized spacial score (nSPS) is 10.0. The Labute approximate surface area is 154 Å². The third-order valence-corrected chi connectivity index (χ3v) is 3.67. The number of hydrazine groups is 1. The Balaban J connectivity index is 2.12. The minimum Gasteiger partial charge on any atom is -0.484 e. The largest absolute Gasteiger partial charge is 0.484 e. The van der Waals surface area contributed by atoms with Crippen LogP contribution in [0, 0.1) is 6.92 Å². The van der Waals surface area contributed by atoms with Gasteiger partial charge in [0, 0.05) is 6.42 Å². The van der Waals surface area contributed by atoms with Gasteiger partial charge in [0.1, 0.15) is 5.75 Å². The monoisotopic (exact) mass is 365 g/mol. The van der Waals surface area contributed by atoms with Gasteiger partial charge in [-0.1, -0.05) is 50.3 Å². The van der Waals surface area contributed by atoms with E-state index in [1.807, 2.05) is 19.1 Å². The SMILES string of the molecule is CCCCCCCC(=O)NC(=S)NNC(=O)COc1ccc(C)cc1. The van der Waals surface area contributed by atoms with Crippen molar-refractivity contribution < 1.29 is 14.3 Å². The Morgan fingerprint density at radius 2 is 1.68 bits per heavy atom. The van der Waals surface area contributed by atoms with E-state index < -0.39 is 5.91 Å². The van der Waals surface area contributed by atoms with Gasteiger partial charge < -0.3 is 10.1 Å². The van der Waals surface area contributed by atoms with E-state index in [4.69, 9.17) is 17.0 Å². The van der Waals surface area contributed by atoms with Gasteiger partial charge >= 0.3 is 0 Å². The van der Waals surface area contributed by atoms with Crippen LogP contribution in [0.2, 0.25) is 0 Å². The maximum atomic E-state index is 11.7. The molecule has 0 atom stereocenters. The number of carbonyl (C=O) groups excluding carboxylic acids is 2. The summed E-state index contributed by atoms with van der Waals surface area (Å²) in [5.74, 6) is 0.0654. The van der Waals surface area contributed by atoms with E-state index in [0.29, 0.717) is 12.2 Å². The van der Waals surface area contributed by atoms with Crippen LogP contribution >= 0.6 is 12.2 Å². The zero-order chi connectivity index (χ0) is 18.5. The third-order valence-electron chi connectivity index (χ3n) is 3.47. The molecule has 2 amide bonds. The van der Waals surface area contributed by atoms with Crippen LogP contribution in [0.3, 0.4) is 0 Å². The van der Waals surface area contributed by atoms with Crippen LogP contribution in [0.4, 0.5) is 0 Å². The minimum absolute atomic E-state index is 0.0715. The number of hydrogen-bond donors (Lipinski definition) is 3. The van der Waals surface area contributed by atoms with Gasteiger partial charge in [0.2, 0.25) is 5.91 Å². The van der Waals surface area contributed by atoms with E-state index in [-0.39, 0.29) is 17.6 Å². The molecule has 138 valence electrons. The topological polar surface area (TPSA) is 79.5 Å². The molecule has 0 bridgehead atoms. The van der Waals surface area contributed by atoms with Crippen molar-refractivity contribution >= 4 is 29.1 Å². The van der Waals surface area contributed by atoms with Crippen molar-refractivity contribution in [2.24, 2.45) is 0 Å². The van der Waals surface area contributed by atoms with Crippen LogP contribution in [0.25, 0.3) is 0 Å². The fraction of sp³-hybridized carbons (Fsp3) is 0.500. The minimum atomic E-state index is -0.392. The van der Waals surface area contributed by atoms with Gasteiger partial charge in [-0.2, -0.15) is 0 Å². The molecule has 0 heterocycles. The van der Waals surface area contributed by atoms with Crippen LogP contribution in [0.1, 0.15) is 51.0 Å². The van der Waals surface area contributed by atoms with Crippen LogP contribution in [-0.2, 0) is 9.59 Å².